The van der Waals surface area contributed by atoms with E-state index < -0.39 is 7.60 Å². The number of hydrogen-bond donors (Lipinski definition) is 2. The molecule has 0 unspecified atom stereocenters. The monoisotopic (exact) mass is 292 g/mol. The van der Waals surface area contributed by atoms with Gasteiger partial charge in [-0.15, -0.1) is 0 Å². The first-order chi connectivity index (χ1) is 8.83. The van der Waals surface area contributed by atoms with Gasteiger partial charge >= 0.3 is 13.6 Å². The first-order valence-electron chi connectivity index (χ1n) is 6.70. The fourth-order valence-electron chi connectivity index (χ4n) is 1.59. The van der Waals surface area contributed by atoms with Crippen LogP contribution in [0, 0.1) is 0 Å². The van der Waals surface area contributed by atoms with Crippen LogP contribution in [0.1, 0.15) is 51.9 Å². The first-order valence-corrected chi connectivity index (χ1v) is 8.50. The van der Waals surface area contributed by atoms with Gasteiger partial charge in [0, 0.05) is 11.7 Å². The van der Waals surface area contributed by atoms with Crippen molar-refractivity contribution in [2.45, 2.75) is 51.9 Å². The quantitative estimate of drug-likeness (QED) is 0.265. The summed E-state index contributed by atoms with van der Waals surface area (Å²) in [5.41, 5.74) is 0.421. The highest BCUT2D eigenvalue weighted by atomic mass is 31.2. The Labute approximate surface area is 115 Å². The average Bonchev–Trinajstić information content (AvgIpc) is 2.29. The molecule has 0 aromatic rings. The van der Waals surface area contributed by atoms with Crippen molar-refractivity contribution in [1.82, 2.24) is 0 Å². The van der Waals surface area contributed by atoms with Crippen molar-refractivity contribution in [2.75, 3.05) is 12.8 Å². The molecule has 0 radical (unpaired) electrons. The SMILES string of the molecule is C=C(C)C(=O)OCCCCCCCCCP(=O)(O)O. The molecule has 0 amide bonds. The second-order valence-electron chi connectivity index (χ2n) is 4.78. The highest BCUT2D eigenvalue weighted by molar-refractivity contribution is 7.51. The molecule has 0 aromatic carbocycles. The van der Waals surface area contributed by atoms with Gasteiger partial charge in [-0.25, -0.2) is 4.79 Å². The van der Waals surface area contributed by atoms with E-state index in [9.17, 15) is 9.36 Å². The van der Waals surface area contributed by atoms with E-state index in [4.69, 9.17) is 14.5 Å². The number of carbonyl (C=O) groups is 1. The van der Waals surface area contributed by atoms with Crippen molar-refractivity contribution in [1.29, 1.82) is 0 Å². The van der Waals surface area contributed by atoms with Crippen molar-refractivity contribution in [3.8, 4) is 0 Å². The minimum Gasteiger partial charge on any atom is -0.462 e. The van der Waals surface area contributed by atoms with Crippen LogP contribution in [0.25, 0.3) is 0 Å². The van der Waals surface area contributed by atoms with Crippen LogP contribution in [-0.4, -0.2) is 28.5 Å². The van der Waals surface area contributed by atoms with E-state index in [1.54, 1.807) is 6.92 Å². The molecule has 0 aliphatic rings. The van der Waals surface area contributed by atoms with Crippen LogP contribution in [0.3, 0.4) is 0 Å². The lowest BCUT2D eigenvalue weighted by atomic mass is 10.1. The standard InChI is InChI=1S/C13H25O5P/c1-12(2)13(14)18-10-8-6-4-3-5-7-9-11-19(15,16)17/h1,3-11H2,2H3,(H2,15,16,17). The lowest BCUT2D eigenvalue weighted by molar-refractivity contribution is -0.139. The molecule has 5 nitrogen and oxygen atoms in total. The van der Waals surface area contributed by atoms with Crippen LogP contribution in [0.15, 0.2) is 12.2 Å². The molecule has 0 atom stereocenters. The summed E-state index contributed by atoms with van der Waals surface area (Å²) >= 11 is 0. The van der Waals surface area contributed by atoms with Gasteiger partial charge < -0.3 is 14.5 Å². The maximum Gasteiger partial charge on any atom is 0.333 e. The van der Waals surface area contributed by atoms with E-state index in [-0.39, 0.29) is 12.1 Å². The van der Waals surface area contributed by atoms with Crippen LogP contribution in [0.5, 0.6) is 0 Å². The lowest BCUT2D eigenvalue weighted by Gasteiger charge is -2.05. The molecule has 0 rings (SSSR count). The zero-order valence-electron chi connectivity index (χ0n) is 11.6. The second-order valence-corrected chi connectivity index (χ2v) is 6.56. The summed E-state index contributed by atoms with van der Waals surface area (Å²) in [5, 5.41) is 0. The van der Waals surface area contributed by atoms with Gasteiger partial charge in [0.15, 0.2) is 0 Å². The van der Waals surface area contributed by atoms with Gasteiger partial charge in [0.25, 0.3) is 0 Å². The van der Waals surface area contributed by atoms with Gasteiger partial charge in [0.2, 0.25) is 0 Å². The smallest absolute Gasteiger partial charge is 0.333 e. The largest absolute Gasteiger partial charge is 0.462 e. The summed E-state index contributed by atoms with van der Waals surface area (Å²) in [5.74, 6) is -0.336. The summed E-state index contributed by atoms with van der Waals surface area (Å²) in [6.07, 6.45) is 6.38. The van der Waals surface area contributed by atoms with E-state index >= 15 is 0 Å². The van der Waals surface area contributed by atoms with E-state index in [1.807, 2.05) is 0 Å². The maximum atomic E-state index is 11.0. The number of esters is 1. The summed E-state index contributed by atoms with van der Waals surface area (Å²) in [7, 11) is -3.81. The minimum absolute atomic E-state index is 0.0101. The Morgan fingerprint density at radius 2 is 1.53 bits per heavy atom. The predicted octanol–water partition coefficient (Wildman–Crippen LogP) is 3.01. The Kier molecular flexibility index (Phi) is 9.84. The number of carbonyl (C=O) groups excluding carboxylic acids is 1. The van der Waals surface area contributed by atoms with Gasteiger partial charge in [-0.1, -0.05) is 38.7 Å². The Hall–Kier alpha value is -0.640. The van der Waals surface area contributed by atoms with E-state index in [1.165, 1.54) is 0 Å². The first kappa shape index (κ1) is 18.4. The molecule has 0 bridgehead atoms. The van der Waals surface area contributed by atoms with Crippen LogP contribution in [0.4, 0.5) is 0 Å². The van der Waals surface area contributed by atoms with Crippen molar-refractivity contribution < 1.29 is 23.9 Å². The molecule has 0 heterocycles. The van der Waals surface area contributed by atoms with Gasteiger partial charge in [-0.05, 0) is 19.8 Å². The molecule has 0 saturated heterocycles. The number of rotatable bonds is 11. The second kappa shape index (κ2) is 10.2. The molecular weight excluding hydrogens is 267 g/mol. The summed E-state index contributed by atoms with van der Waals surface area (Å²) in [6, 6.07) is 0. The molecule has 0 aliphatic heterocycles. The van der Waals surface area contributed by atoms with Crippen molar-refractivity contribution in [3.63, 3.8) is 0 Å². The fourth-order valence-corrected chi connectivity index (χ4v) is 2.23. The number of unbranched alkanes of at least 4 members (excludes halogenated alkanes) is 6. The minimum atomic E-state index is -3.81. The molecule has 0 saturated carbocycles. The Morgan fingerprint density at radius 3 is 2.00 bits per heavy atom. The zero-order valence-corrected chi connectivity index (χ0v) is 12.5. The fraction of sp³-hybridized carbons (Fsp3) is 0.769. The van der Waals surface area contributed by atoms with Gasteiger partial charge in [-0.2, -0.15) is 0 Å². The molecule has 0 fully saturated rings. The molecule has 0 aromatic heterocycles. The number of ether oxygens (including phenoxy) is 1. The molecule has 19 heavy (non-hydrogen) atoms. The highest BCUT2D eigenvalue weighted by Crippen LogP contribution is 2.35. The normalized spacial score (nSPS) is 11.3. The number of hydrogen-bond acceptors (Lipinski definition) is 3. The van der Waals surface area contributed by atoms with E-state index in [0.29, 0.717) is 18.6 Å². The molecule has 0 spiro atoms. The topological polar surface area (TPSA) is 83.8 Å². The summed E-state index contributed by atoms with van der Waals surface area (Å²) in [4.78, 5) is 28.4. The van der Waals surface area contributed by atoms with Crippen molar-refractivity contribution in [3.05, 3.63) is 12.2 Å². The molecule has 6 heteroatoms. The zero-order chi connectivity index (χ0) is 14.7. The van der Waals surface area contributed by atoms with Crippen LogP contribution >= 0.6 is 7.60 Å². The van der Waals surface area contributed by atoms with Crippen LogP contribution in [-0.2, 0) is 14.1 Å². The third-order valence-corrected chi connectivity index (χ3v) is 3.57. The van der Waals surface area contributed by atoms with Gasteiger partial charge in [0.05, 0.1) is 6.61 Å². The summed E-state index contributed by atoms with van der Waals surface area (Å²) < 4.78 is 15.5. The third kappa shape index (κ3) is 13.6. The van der Waals surface area contributed by atoms with Crippen LogP contribution < -0.4 is 0 Å². The Balaban J connectivity index is 3.22. The van der Waals surface area contributed by atoms with E-state index in [2.05, 4.69) is 6.58 Å². The Morgan fingerprint density at radius 1 is 1.05 bits per heavy atom. The predicted molar refractivity (Wildman–Crippen MR) is 75.0 cm³/mol. The summed E-state index contributed by atoms with van der Waals surface area (Å²) in [6.45, 7) is 5.56. The van der Waals surface area contributed by atoms with Gasteiger partial charge in [-0.3, -0.25) is 4.57 Å². The molecular formula is C13H25O5P. The van der Waals surface area contributed by atoms with Gasteiger partial charge in [0.1, 0.15) is 0 Å². The molecule has 112 valence electrons. The average molecular weight is 292 g/mol. The molecule has 0 aliphatic carbocycles. The highest BCUT2D eigenvalue weighted by Gasteiger charge is 2.10. The lowest BCUT2D eigenvalue weighted by Crippen LogP contribution is -2.05. The van der Waals surface area contributed by atoms with Crippen LogP contribution in [0.2, 0.25) is 0 Å². The maximum absolute atomic E-state index is 11.0. The van der Waals surface area contributed by atoms with Crippen molar-refractivity contribution in [2.24, 2.45) is 0 Å². The van der Waals surface area contributed by atoms with Crippen molar-refractivity contribution >= 4 is 13.6 Å². The Bertz CT molecular complexity index is 321. The van der Waals surface area contributed by atoms with E-state index in [0.717, 1.165) is 38.5 Å². The molecule has 2 N–H and O–H groups in total. The third-order valence-electron chi connectivity index (χ3n) is 2.68.